The number of aromatic nitrogens is 1. The molecule has 0 aliphatic carbocycles. The van der Waals surface area contributed by atoms with Gasteiger partial charge in [0.2, 0.25) is 0 Å². The Bertz CT molecular complexity index is 652. The van der Waals surface area contributed by atoms with Crippen LogP contribution in [0.2, 0.25) is 0 Å². The molecule has 0 amide bonds. The van der Waals surface area contributed by atoms with E-state index in [1.165, 1.54) is 4.88 Å². The molecule has 3 aromatic rings. The van der Waals surface area contributed by atoms with Crippen molar-refractivity contribution < 1.29 is 4.79 Å². The summed E-state index contributed by atoms with van der Waals surface area (Å²) in [5, 5.41) is 3.10. The number of benzene rings is 1. The van der Waals surface area contributed by atoms with Gasteiger partial charge in [0.25, 0.3) is 0 Å². The summed E-state index contributed by atoms with van der Waals surface area (Å²) in [6.07, 6.45) is 2.85. The molecule has 0 fully saturated rings. The molecule has 0 aliphatic heterocycles. The van der Waals surface area contributed by atoms with E-state index in [1.807, 2.05) is 30.5 Å². The van der Waals surface area contributed by atoms with Gasteiger partial charge in [0, 0.05) is 27.5 Å². The van der Waals surface area contributed by atoms with Crippen molar-refractivity contribution in [3.63, 3.8) is 0 Å². The van der Waals surface area contributed by atoms with Crippen LogP contribution in [0.1, 0.15) is 15.2 Å². The topological polar surface area (TPSA) is 22.0 Å². The zero-order chi connectivity index (χ0) is 11.7. The van der Waals surface area contributed by atoms with E-state index in [-0.39, 0.29) is 0 Å². The Hall–Kier alpha value is -1.87. The fourth-order valence-corrected chi connectivity index (χ4v) is 2.77. The molecule has 0 spiro atoms. The summed E-state index contributed by atoms with van der Waals surface area (Å²) in [5.41, 5.74) is 1.88. The van der Waals surface area contributed by atoms with E-state index in [9.17, 15) is 4.79 Å². The van der Waals surface area contributed by atoms with Crippen LogP contribution in [0, 0.1) is 0 Å². The number of fused-ring (bicyclic) bond motifs is 1. The summed E-state index contributed by atoms with van der Waals surface area (Å²) in [6, 6.07) is 12.2. The first-order chi connectivity index (χ1) is 8.38. The van der Waals surface area contributed by atoms with E-state index < -0.39 is 0 Å². The number of carbonyl (C=O) groups excluding carboxylic acids is 1. The second-order valence-electron chi connectivity index (χ2n) is 3.93. The molecule has 0 aliphatic rings. The number of carbonyl (C=O) groups is 1. The first-order valence-corrected chi connectivity index (χ1v) is 6.32. The van der Waals surface area contributed by atoms with Crippen molar-refractivity contribution in [1.82, 2.24) is 4.57 Å². The highest BCUT2D eigenvalue weighted by Gasteiger charge is 2.07. The zero-order valence-corrected chi connectivity index (χ0v) is 9.98. The van der Waals surface area contributed by atoms with Gasteiger partial charge < -0.3 is 4.57 Å². The Morgan fingerprint density at radius 1 is 1.18 bits per heavy atom. The lowest BCUT2D eigenvalue weighted by Gasteiger charge is -2.02. The van der Waals surface area contributed by atoms with Gasteiger partial charge in [-0.2, -0.15) is 0 Å². The molecule has 0 bridgehead atoms. The number of nitrogens with zero attached hydrogens (tertiary/aromatic N) is 1. The maximum Gasteiger partial charge on any atom is 0.152 e. The first kappa shape index (κ1) is 10.3. The molecule has 0 atom stereocenters. The van der Waals surface area contributed by atoms with Crippen molar-refractivity contribution in [1.29, 1.82) is 0 Å². The van der Waals surface area contributed by atoms with E-state index in [1.54, 1.807) is 11.3 Å². The average molecular weight is 241 g/mol. The second-order valence-corrected chi connectivity index (χ2v) is 4.96. The lowest BCUT2D eigenvalue weighted by Crippen LogP contribution is -1.95. The van der Waals surface area contributed by atoms with Crippen LogP contribution in [0.25, 0.3) is 10.9 Å². The molecular formula is C14H11NOS. The zero-order valence-electron chi connectivity index (χ0n) is 9.17. The fourth-order valence-electron chi connectivity index (χ4n) is 2.07. The van der Waals surface area contributed by atoms with Crippen LogP contribution in [-0.2, 0) is 6.54 Å². The number of para-hydroxylation sites is 1. The van der Waals surface area contributed by atoms with Gasteiger partial charge in [-0.3, -0.25) is 4.79 Å². The first-order valence-electron chi connectivity index (χ1n) is 5.44. The molecular weight excluding hydrogens is 230 g/mol. The molecule has 84 valence electrons. The second kappa shape index (κ2) is 4.18. The summed E-state index contributed by atoms with van der Waals surface area (Å²) >= 11 is 1.73. The minimum Gasteiger partial charge on any atom is -0.341 e. The van der Waals surface area contributed by atoms with E-state index in [4.69, 9.17) is 0 Å². The average Bonchev–Trinajstić information content (AvgIpc) is 2.98. The molecule has 17 heavy (non-hydrogen) atoms. The highest BCUT2D eigenvalue weighted by molar-refractivity contribution is 7.09. The van der Waals surface area contributed by atoms with Crippen LogP contribution in [0.5, 0.6) is 0 Å². The summed E-state index contributed by atoms with van der Waals surface area (Å²) in [4.78, 5) is 12.3. The van der Waals surface area contributed by atoms with Crippen molar-refractivity contribution in [2.24, 2.45) is 0 Å². The Labute approximate surface area is 103 Å². The molecule has 0 radical (unpaired) electrons. The minimum atomic E-state index is 0.761. The smallest absolute Gasteiger partial charge is 0.152 e. The monoisotopic (exact) mass is 241 g/mol. The van der Waals surface area contributed by atoms with Gasteiger partial charge >= 0.3 is 0 Å². The molecule has 0 saturated heterocycles. The van der Waals surface area contributed by atoms with Crippen LogP contribution in [0.3, 0.4) is 0 Å². The highest BCUT2D eigenvalue weighted by Crippen LogP contribution is 2.22. The number of hydrogen-bond donors (Lipinski definition) is 0. The molecule has 0 N–H and O–H groups in total. The third kappa shape index (κ3) is 1.78. The predicted octanol–water partition coefficient (Wildman–Crippen LogP) is 3.56. The van der Waals surface area contributed by atoms with Gasteiger partial charge in [-0.05, 0) is 17.5 Å². The molecule has 3 heteroatoms. The van der Waals surface area contributed by atoms with E-state index in [0.29, 0.717) is 0 Å². The van der Waals surface area contributed by atoms with Gasteiger partial charge in [0.05, 0.1) is 6.54 Å². The van der Waals surface area contributed by atoms with Crippen molar-refractivity contribution in [2.45, 2.75) is 6.54 Å². The van der Waals surface area contributed by atoms with Crippen LogP contribution >= 0.6 is 11.3 Å². The molecule has 1 aromatic carbocycles. The normalized spacial score (nSPS) is 10.8. The standard InChI is InChI=1S/C14H11NOS/c16-10-11-8-15(9-12-4-3-7-17-12)14-6-2-1-5-13(11)14/h1-8,10H,9H2. The van der Waals surface area contributed by atoms with Gasteiger partial charge in [-0.25, -0.2) is 0 Å². The van der Waals surface area contributed by atoms with Crippen LogP contribution in [0.4, 0.5) is 0 Å². The van der Waals surface area contributed by atoms with Gasteiger partial charge in [0.1, 0.15) is 0 Å². The highest BCUT2D eigenvalue weighted by atomic mass is 32.1. The maximum absolute atomic E-state index is 11.0. The fraction of sp³-hybridized carbons (Fsp3) is 0.0714. The van der Waals surface area contributed by atoms with E-state index in [0.717, 1.165) is 29.3 Å². The Morgan fingerprint density at radius 2 is 2.06 bits per heavy atom. The Morgan fingerprint density at radius 3 is 2.82 bits per heavy atom. The quantitative estimate of drug-likeness (QED) is 0.643. The van der Waals surface area contributed by atoms with Crippen molar-refractivity contribution in [3.05, 3.63) is 58.4 Å². The predicted molar refractivity (Wildman–Crippen MR) is 70.7 cm³/mol. The maximum atomic E-state index is 11.0. The molecule has 2 heterocycles. The van der Waals surface area contributed by atoms with Crippen LogP contribution < -0.4 is 0 Å². The number of aldehydes is 1. The lowest BCUT2D eigenvalue weighted by molar-refractivity contribution is 0.112. The van der Waals surface area contributed by atoms with Crippen LogP contribution in [-0.4, -0.2) is 10.9 Å². The Kier molecular flexibility index (Phi) is 2.53. The van der Waals surface area contributed by atoms with Crippen molar-refractivity contribution in [2.75, 3.05) is 0 Å². The summed E-state index contributed by atoms with van der Waals surface area (Å²) < 4.78 is 2.13. The summed E-state index contributed by atoms with van der Waals surface area (Å²) in [6.45, 7) is 0.825. The molecule has 0 saturated carbocycles. The van der Waals surface area contributed by atoms with Gasteiger partial charge in [-0.15, -0.1) is 11.3 Å². The van der Waals surface area contributed by atoms with Crippen molar-refractivity contribution in [3.8, 4) is 0 Å². The number of hydrogen-bond acceptors (Lipinski definition) is 2. The summed E-state index contributed by atoms with van der Waals surface area (Å²) in [5.74, 6) is 0. The van der Waals surface area contributed by atoms with Crippen molar-refractivity contribution >= 4 is 28.5 Å². The largest absolute Gasteiger partial charge is 0.341 e. The van der Waals surface area contributed by atoms with Gasteiger partial charge in [0.15, 0.2) is 6.29 Å². The molecule has 2 aromatic heterocycles. The lowest BCUT2D eigenvalue weighted by atomic mass is 10.2. The third-order valence-corrected chi connectivity index (χ3v) is 3.71. The molecule has 3 rings (SSSR count). The number of thiophene rings is 1. The van der Waals surface area contributed by atoms with E-state index in [2.05, 4.69) is 22.1 Å². The van der Waals surface area contributed by atoms with Crippen LogP contribution in [0.15, 0.2) is 48.0 Å². The van der Waals surface area contributed by atoms with Gasteiger partial charge in [-0.1, -0.05) is 24.3 Å². The Balaban J connectivity index is 2.13. The summed E-state index contributed by atoms with van der Waals surface area (Å²) in [7, 11) is 0. The molecule has 0 unspecified atom stereocenters. The number of rotatable bonds is 3. The third-order valence-electron chi connectivity index (χ3n) is 2.85. The van der Waals surface area contributed by atoms with E-state index >= 15 is 0 Å². The SMILES string of the molecule is O=Cc1cn(Cc2cccs2)c2ccccc12. The molecule has 2 nitrogen and oxygen atoms in total. The minimum absolute atomic E-state index is 0.761.